The van der Waals surface area contributed by atoms with Gasteiger partial charge in [-0.3, -0.25) is 4.79 Å². The molecule has 0 radical (unpaired) electrons. The molecule has 0 aromatic rings. The fourth-order valence-electron chi connectivity index (χ4n) is 1.54. The highest BCUT2D eigenvalue weighted by atomic mass is 16.1. The molecule has 0 spiro atoms. The number of hydrogen-bond donors (Lipinski definition) is 0. The van der Waals surface area contributed by atoms with Crippen molar-refractivity contribution in [1.29, 1.82) is 0 Å². The number of ketones is 1. The van der Waals surface area contributed by atoms with E-state index < -0.39 is 0 Å². The second-order valence-corrected chi connectivity index (χ2v) is 3.23. The van der Waals surface area contributed by atoms with E-state index in [-0.39, 0.29) is 5.54 Å². The van der Waals surface area contributed by atoms with E-state index >= 15 is 0 Å². The Morgan fingerprint density at radius 3 is 2.45 bits per heavy atom. The monoisotopic (exact) mass is 151 g/mol. The van der Waals surface area contributed by atoms with E-state index in [9.17, 15) is 4.79 Å². The zero-order chi connectivity index (χ0) is 8.32. The summed E-state index contributed by atoms with van der Waals surface area (Å²) < 4.78 is 0. The van der Waals surface area contributed by atoms with E-state index in [0.717, 1.165) is 19.3 Å². The van der Waals surface area contributed by atoms with Crippen LogP contribution in [0.25, 0.3) is 4.85 Å². The van der Waals surface area contributed by atoms with E-state index in [1.165, 1.54) is 0 Å². The van der Waals surface area contributed by atoms with Crippen molar-refractivity contribution in [2.45, 2.75) is 44.6 Å². The third kappa shape index (κ3) is 1.59. The van der Waals surface area contributed by atoms with E-state index in [0.29, 0.717) is 18.6 Å². The van der Waals surface area contributed by atoms with Crippen LogP contribution in [0.15, 0.2) is 0 Å². The van der Waals surface area contributed by atoms with Gasteiger partial charge >= 0.3 is 0 Å². The Balaban J connectivity index is 2.61. The van der Waals surface area contributed by atoms with Gasteiger partial charge in [0.05, 0.1) is 0 Å². The van der Waals surface area contributed by atoms with Crippen LogP contribution in [0, 0.1) is 6.57 Å². The molecule has 0 aromatic heterocycles. The molecule has 1 fully saturated rings. The van der Waals surface area contributed by atoms with Gasteiger partial charge in [-0.2, -0.15) is 0 Å². The van der Waals surface area contributed by atoms with E-state index in [2.05, 4.69) is 4.85 Å². The highest BCUT2D eigenvalue weighted by molar-refractivity contribution is 5.79. The third-order valence-electron chi connectivity index (χ3n) is 2.63. The molecular formula is C9H13NO. The standard InChI is InChI=1S/C9H13NO/c1-3-9(10-2)6-4-8(11)5-7-9/h3-7H2,1H3. The zero-order valence-corrected chi connectivity index (χ0v) is 6.89. The molecule has 1 aliphatic rings. The van der Waals surface area contributed by atoms with Gasteiger partial charge in [0, 0.05) is 32.1 Å². The molecule has 0 N–H and O–H groups in total. The molecule has 0 saturated heterocycles. The minimum absolute atomic E-state index is 0.187. The lowest BCUT2D eigenvalue weighted by Gasteiger charge is -2.23. The molecule has 0 amide bonds. The van der Waals surface area contributed by atoms with Gasteiger partial charge in [0.2, 0.25) is 5.54 Å². The Morgan fingerprint density at radius 1 is 1.55 bits per heavy atom. The summed E-state index contributed by atoms with van der Waals surface area (Å²) in [6, 6.07) is 0. The summed E-state index contributed by atoms with van der Waals surface area (Å²) in [6.07, 6.45) is 3.70. The van der Waals surface area contributed by atoms with Gasteiger partial charge in [0.15, 0.2) is 0 Å². The van der Waals surface area contributed by atoms with Gasteiger partial charge < -0.3 is 4.85 Å². The first kappa shape index (κ1) is 8.26. The number of rotatable bonds is 1. The van der Waals surface area contributed by atoms with Crippen LogP contribution in [-0.4, -0.2) is 11.3 Å². The topological polar surface area (TPSA) is 21.4 Å². The highest BCUT2D eigenvalue weighted by Gasteiger charge is 2.38. The van der Waals surface area contributed by atoms with Crippen LogP contribution in [-0.2, 0) is 4.79 Å². The highest BCUT2D eigenvalue weighted by Crippen LogP contribution is 2.32. The molecule has 0 atom stereocenters. The van der Waals surface area contributed by atoms with Crippen molar-refractivity contribution in [2.75, 3.05) is 0 Å². The van der Waals surface area contributed by atoms with Crippen LogP contribution < -0.4 is 0 Å². The molecule has 11 heavy (non-hydrogen) atoms. The van der Waals surface area contributed by atoms with E-state index in [4.69, 9.17) is 6.57 Å². The van der Waals surface area contributed by atoms with Crippen LogP contribution in [0.5, 0.6) is 0 Å². The lowest BCUT2D eigenvalue weighted by atomic mass is 9.80. The average molecular weight is 151 g/mol. The minimum atomic E-state index is -0.187. The lowest BCUT2D eigenvalue weighted by molar-refractivity contribution is -0.121. The van der Waals surface area contributed by atoms with Crippen molar-refractivity contribution < 1.29 is 4.79 Å². The Bertz CT molecular complexity index is 192. The zero-order valence-electron chi connectivity index (χ0n) is 6.89. The van der Waals surface area contributed by atoms with Gasteiger partial charge in [0.1, 0.15) is 5.78 Å². The molecule has 1 aliphatic carbocycles. The Hall–Kier alpha value is -0.840. The maximum atomic E-state index is 10.9. The first-order chi connectivity index (χ1) is 5.22. The van der Waals surface area contributed by atoms with Crippen LogP contribution in [0.4, 0.5) is 0 Å². The van der Waals surface area contributed by atoms with Crippen LogP contribution in [0.1, 0.15) is 39.0 Å². The Kier molecular flexibility index (Phi) is 2.28. The smallest absolute Gasteiger partial charge is 0.233 e. The first-order valence-electron chi connectivity index (χ1n) is 4.13. The van der Waals surface area contributed by atoms with Crippen LogP contribution >= 0.6 is 0 Å². The average Bonchev–Trinajstić information content (AvgIpc) is 2.07. The Labute approximate surface area is 67.4 Å². The molecule has 2 heteroatoms. The summed E-state index contributed by atoms with van der Waals surface area (Å²) in [4.78, 5) is 14.5. The first-order valence-corrected chi connectivity index (χ1v) is 4.13. The molecule has 0 unspecified atom stereocenters. The molecule has 60 valence electrons. The maximum Gasteiger partial charge on any atom is 0.233 e. The predicted octanol–water partition coefficient (Wildman–Crippen LogP) is 2.20. The summed E-state index contributed by atoms with van der Waals surface area (Å²) >= 11 is 0. The number of carbonyl (C=O) groups excluding carboxylic acids is 1. The minimum Gasteiger partial charge on any atom is -0.310 e. The van der Waals surface area contributed by atoms with Gasteiger partial charge in [-0.05, 0) is 0 Å². The molecule has 2 nitrogen and oxygen atoms in total. The fourth-order valence-corrected chi connectivity index (χ4v) is 1.54. The second-order valence-electron chi connectivity index (χ2n) is 3.23. The third-order valence-corrected chi connectivity index (χ3v) is 2.63. The molecule has 0 heterocycles. The molecular weight excluding hydrogens is 138 g/mol. The van der Waals surface area contributed by atoms with Crippen molar-refractivity contribution in [3.63, 3.8) is 0 Å². The molecule has 0 bridgehead atoms. The van der Waals surface area contributed by atoms with Gasteiger partial charge in [-0.15, -0.1) is 0 Å². The number of nitrogens with zero attached hydrogens (tertiary/aromatic N) is 1. The quantitative estimate of drug-likeness (QED) is 0.526. The van der Waals surface area contributed by atoms with Crippen molar-refractivity contribution in [3.05, 3.63) is 11.4 Å². The molecule has 0 aromatic carbocycles. The summed E-state index contributed by atoms with van der Waals surface area (Å²) in [5.41, 5.74) is -0.187. The second kappa shape index (κ2) is 3.04. The van der Waals surface area contributed by atoms with Gasteiger partial charge in [-0.25, -0.2) is 6.57 Å². The predicted molar refractivity (Wildman–Crippen MR) is 43.1 cm³/mol. The van der Waals surface area contributed by atoms with E-state index in [1.807, 2.05) is 6.92 Å². The molecule has 1 rings (SSSR count). The van der Waals surface area contributed by atoms with Gasteiger partial charge in [0.25, 0.3) is 0 Å². The Morgan fingerprint density at radius 2 is 2.09 bits per heavy atom. The summed E-state index contributed by atoms with van der Waals surface area (Å²) in [5.74, 6) is 0.331. The van der Waals surface area contributed by atoms with E-state index in [1.54, 1.807) is 0 Å². The number of Topliss-reactive ketones (excluding diaryl/α,β-unsaturated/α-hetero) is 1. The fraction of sp³-hybridized carbons (Fsp3) is 0.778. The summed E-state index contributed by atoms with van der Waals surface area (Å²) in [6.45, 7) is 9.06. The number of hydrogen-bond acceptors (Lipinski definition) is 1. The van der Waals surface area contributed by atoms with Crippen molar-refractivity contribution in [3.8, 4) is 0 Å². The molecule has 1 saturated carbocycles. The largest absolute Gasteiger partial charge is 0.310 e. The summed E-state index contributed by atoms with van der Waals surface area (Å²) in [5, 5.41) is 0. The van der Waals surface area contributed by atoms with Crippen molar-refractivity contribution >= 4 is 5.78 Å². The van der Waals surface area contributed by atoms with Crippen molar-refractivity contribution in [2.24, 2.45) is 0 Å². The molecule has 0 aliphatic heterocycles. The lowest BCUT2D eigenvalue weighted by Crippen LogP contribution is -2.29. The maximum absolute atomic E-state index is 10.9. The van der Waals surface area contributed by atoms with Crippen molar-refractivity contribution in [1.82, 2.24) is 0 Å². The van der Waals surface area contributed by atoms with Crippen LogP contribution in [0.2, 0.25) is 0 Å². The summed E-state index contributed by atoms with van der Waals surface area (Å²) in [7, 11) is 0. The van der Waals surface area contributed by atoms with Crippen LogP contribution in [0.3, 0.4) is 0 Å². The van der Waals surface area contributed by atoms with Gasteiger partial charge in [-0.1, -0.05) is 6.92 Å². The number of carbonyl (C=O) groups is 1. The SMILES string of the molecule is [C-]#[N+]C1(CC)CCC(=O)CC1. The normalized spacial score (nSPS) is 22.7.